The minimum Gasteiger partial charge on any atom is -0.398 e. The second-order valence-corrected chi connectivity index (χ2v) is 5.51. The number of hydrogen-bond donors (Lipinski definition) is 9. The maximum Gasteiger partial charge on any atom is 0.0824 e. The monoisotopic (exact) mass is 329 g/mol. The van der Waals surface area contributed by atoms with Crippen molar-refractivity contribution in [2.75, 3.05) is 51.6 Å². The summed E-state index contributed by atoms with van der Waals surface area (Å²) in [5.74, 6) is 0. The van der Waals surface area contributed by atoms with Crippen LogP contribution in [-0.4, -0.2) is 0 Å². The third kappa shape index (κ3) is 2.28. The smallest absolute Gasteiger partial charge is 0.0824 e. The van der Waals surface area contributed by atoms with Crippen LogP contribution in [0.2, 0.25) is 0 Å². The summed E-state index contributed by atoms with van der Waals surface area (Å²) in [7, 11) is 0. The molecule has 0 saturated carbocycles. The van der Waals surface area contributed by atoms with Gasteiger partial charge in [0.1, 0.15) is 0 Å². The number of benzene rings is 2. The van der Waals surface area contributed by atoms with E-state index in [9.17, 15) is 0 Å². The van der Waals surface area contributed by atoms with Gasteiger partial charge in [0, 0.05) is 16.8 Å². The van der Waals surface area contributed by atoms with Crippen molar-refractivity contribution in [1.82, 2.24) is 0 Å². The van der Waals surface area contributed by atoms with E-state index in [4.69, 9.17) is 51.6 Å². The van der Waals surface area contributed by atoms with Crippen molar-refractivity contribution >= 4 is 63.3 Å². The fourth-order valence-corrected chi connectivity index (χ4v) is 2.38. The minimum absolute atomic E-state index is 0.147. The first-order valence-corrected chi connectivity index (χ1v) is 7.01. The first kappa shape index (κ1) is 16.7. The molecule has 2 aromatic carbocycles. The van der Waals surface area contributed by atoms with Crippen LogP contribution >= 0.6 is 0 Å². The lowest BCUT2D eigenvalue weighted by Gasteiger charge is -2.16. The van der Waals surface area contributed by atoms with E-state index in [-0.39, 0.29) is 39.8 Å². The third-order valence-corrected chi connectivity index (χ3v) is 4.13. The highest BCUT2D eigenvalue weighted by Crippen LogP contribution is 2.41. The van der Waals surface area contributed by atoms with E-state index in [1.807, 2.05) is 0 Å². The zero-order valence-electron chi connectivity index (χ0n) is 13.4. The normalized spacial score (nSPS) is 11.2. The van der Waals surface area contributed by atoms with Gasteiger partial charge in [0.2, 0.25) is 0 Å². The van der Waals surface area contributed by atoms with E-state index < -0.39 is 0 Å². The van der Waals surface area contributed by atoms with Gasteiger partial charge in [-0.3, -0.25) is 0 Å². The Morgan fingerprint density at radius 2 is 0.708 bits per heavy atom. The molecule has 0 aromatic heterocycles. The molecule has 18 N–H and O–H groups in total. The molecule has 0 radical (unpaired) electrons. The second kappa shape index (κ2) is 5.54. The summed E-state index contributed by atoms with van der Waals surface area (Å²) in [5, 5.41) is 0. The minimum atomic E-state index is 0.147. The molecule has 24 heavy (non-hydrogen) atoms. The molecule has 0 saturated heterocycles. The van der Waals surface area contributed by atoms with Gasteiger partial charge in [-0.1, -0.05) is 0 Å². The molecule has 9 nitrogen and oxygen atoms in total. The van der Waals surface area contributed by atoms with Crippen molar-refractivity contribution in [3.8, 4) is 0 Å². The van der Waals surface area contributed by atoms with Crippen molar-refractivity contribution in [2.45, 2.75) is 6.92 Å². The first-order chi connectivity index (χ1) is 11.1. The summed E-state index contributed by atoms with van der Waals surface area (Å²) >= 11 is 0. The molecule has 2 aromatic rings. The Kier molecular flexibility index (Phi) is 3.86. The van der Waals surface area contributed by atoms with Crippen LogP contribution in [0.25, 0.3) is 12.2 Å². The summed E-state index contributed by atoms with van der Waals surface area (Å²) in [6, 6.07) is 0. The van der Waals surface area contributed by atoms with Crippen LogP contribution in [0.5, 0.6) is 0 Å². The van der Waals surface area contributed by atoms with Crippen LogP contribution in [0.4, 0.5) is 51.2 Å². The molecule has 0 aliphatic rings. The molecule has 9 heteroatoms. The molecule has 0 amide bonds. The van der Waals surface area contributed by atoms with E-state index in [0.29, 0.717) is 28.1 Å². The lowest BCUT2D eigenvalue weighted by molar-refractivity contribution is 1.46. The number of nitrogen functional groups attached to an aromatic ring is 9. The largest absolute Gasteiger partial charge is 0.398 e. The summed E-state index contributed by atoms with van der Waals surface area (Å²) in [6.07, 6.45) is 3.23. The standard InChI is InChI=1S/C15H23N9/c1-4-7(16)5(9(18)12(21)8(4)17)2-3-6-10(19)13(22)15(24)14(23)11(6)20/h2-3H,16-24H2,1H3/b3-2+. The summed E-state index contributed by atoms with van der Waals surface area (Å²) in [5.41, 5.74) is 57.0. The van der Waals surface area contributed by atoms with Crippen LogP contribution in [0, 0.1) is 6.92 Å². The number of hydrogen-bond acceptors (Lipinski definition) is 9. The summed E-state index contributed by atoms with van der Waals surface area (Å²) < 4.78 is 0. The first-order valence-electron chi connectivity index (χ1n) is 7.01. The second-order valence-electron chi connectivity index (χ2n) is 5.51. The Morgan fingerprint density at radius 1 is 0.417 bits per heavy atom. The predicted octanol–water partition coefficient (Wildman–Crippen LogP) is 0.405. The van der Waals surface area contributed by atoms with Gasteiger partial charge in [-0.15, -0.1) is 0 Å². The third-order valence-electron chi connectivity index (χ3n) is 4.13. The summed E-state index contributed by atoms with van der Waals surface area (Å²) in [6.45, 7) is 1.75. The molecule has 0 unspecified atom stereocenters. The fourth-order valence-electron chi connectivity index (χ4n) is 2.38. The summed E-state index contributed by atoms with van der Waals surface area (Å²) in [4.78, 5) is 0. The average Bonchev–Trinajstić information content (AvgIpc) is 2.57. The Hall–Kier alpha value is -3.62. The Balaban J connectivity index is 2.67. The molecule has 0 bridgehead atoms. The molecule has 0 aliphatic heterocycles. The van der Waals surface area contributed by atoms with Crippen LogP contribution in [0.15, 0.2) is 0 Å². The van der Waals surface area contributed by atoms with Crippen molar-refractivity contribution < 1.29 is 0 Å². The lowest BCUT2D eigenvalue weighted by atomic mass is 9.99. The number of rotatable bonds is 2. The highest BCUT2D eigenvalue weighted by molar-refractivity contribution is 6.03. The van der Waals surface area contributed by atoms with Gasteiger partial charge < -0.3 is 51.6 Å². The molecule has 0 spiro atoms. The quantitative estimate of drug-likeness (QED) is 0.273. The Bertz CT molecular complexity index is 739. The van der Waals surface area contributed by atoms with Gasteiger partial charge in [0.05, 0.1) is 45.5 Å². The molecule has 0 heterocycles. The number of nitrogens with two attached hydrogens (primary N) is 9. The van der Waals surface area contributed by atoms with Crippen molar-refractivity contribution in [2.24, 2.45) is 0 Å². The maximum atomic E-state index is 6.08. The van der Waals surface area contributed by atoms with E-state index in [2.05, 4.69) is 0 Å². The van der Waals surface area contributed by atoms with E-state index in [1.165, 1.54) is 0 Å². The number of anilines is 9. The molecular formula is C15H23N9. The van der Waals surface area contributed by atoms with Gasteiger partial charge in [-0.05, 0) is 24.6 Å². The molecule has 0 fully saturated rings. The topological polar surface area (TPSA) is 234 Å². The van der Waals surface area contributed by atoms with Gasteiger partial charge in [0.25, 0.3) is 0 Å². The van der Waals surface area contributed by atoms with Crippen LogP contribution < -0.4 is 51.6 Å². The van der Waals surface area contributed by atoms with Crippen molar-refractivity contribution in [3.05, 3.63) is 16.7 Å². The lowest BCUT2D eigenvalue weighted by Crippen LogP contribution is -2.10. The van der Waals surface area contributed by atoms with Crippen LogP contribution in [0.1, 0.15) is 16.7 Å². The highest BCUT2D eigenvalue weighted by atomic mass is 14.8. The van der Waals surface area contributed by atoms with Gasteiger partial charge >= 0.3 is 0 Å². The fraction of sp³-hybridized carbons (Fsp3) is 0.0667. The molecule has 0 atom stereocenters. The molecule has 0 aliphatic carbocycles. The Morgan fingerprint density at radius 3 is 1.12 bits per heavy atom. The van der Waals surface area contributed by atoms with Crippen molar-refractivity contribution in [1.29, 1.82) is 0 Å². The van der Waals surface area contributed by atoms with Crippen LogP contribution in [0.3, 0.4) is 0 Å². The molecule has 2 rings (SSSR count). The zero-order chi connectivity index (χ0) is 18.3. The van der Waals surface area contributed by atoms with Gasteiger partial charge in [0.15, 0.2) is 0 Å². The zero-order valence-corrected chi connectivity index (χ0v) is 13.4. The van der Waals surface area contributed by atoms with E-state index in [0.717, 1.165) is 0 Å². The maximum absolute atomic E-state index is 6.08. The van der Waals surface area contributed by atoms with Gasteiger partial charge in [-0.25, -0.2) is 0 Å². The Labute approximate surface area is 139 Å². The SMILES string of the molecule is Cc1c(N)c(N)c(N)c(/C=C/c2c(N)c(N)c(N)c(N)c2N)c1N. The molecule has 128 valence electrons. The van der Waals surface area contributed by atoms with E-state index in [1.54, 1.807) is 19.1 Å². The van der Waals surface area contributed by atoms with Crippen LogP contribution in [-0.2, 0) is 0 Å². The van der Waals surface area contributed by atoms with Crippen molar-refractivity contribution in [3.63, 3.8) is 0 Å². The molecular weight excluding hydrogens is 306 g/mol. The average molecular weight is 329 g/mol. The highest BCUT2D eigenvalue weighted by Gasteiger charge is 2.16. The van der Waals surface area contributed by atoms with E-state index >= 15 is 0 Å². The van der Waals surface area contributed by atoms with Gasteiger partial charge in [-0.2, -0.15) is 0 Å². The predicted molar refractivity (Wildman–Crippen MR) is 106 cm³/mol.